The van der Waals surface area contributed by atoms with Crippen molar-refractivity contribution in [2.24, 2.45) is 0 Å². The van der Waals surface area contributed by atoms with Crippen LogP contribution in [0.3, 0.4) is 0 Å². The molecule has 116 valence electrons. The number of anilines is 2. The summed E-state index contributed by atoms with van der Waals surface area (Å²) in [7, 11) is 4.26. The Morgan fingerprint density at radius 3 is 1.43 bits per heavy atom. The van der Waals surface area contributed by atoms with Gasteiger partial charge in [-0.2, -0.15) is 15.0 Å². The molecule has 0 unspecified atom stereocenters. The summed E-state index contributed by atoms with van der Waals surface area (Å²) < 4.78 is 0. The van der Waals surface area contributed by atoms with Gasteiger partial charge < -0.3 is 19.6 Å². The normalized spacial score (nSPS) is 21.9. The molecule has 3 rings (SSSR count). The largest absolute Gasteiger partial charge is 0.338 e. The SMILES string of the molecule is CN1CCN(c2nc(Cl)nc(N3CCN(C)CC3)n2)CC1. The van der Waals surface area contributed by atoms with E-state index in [1.165, 1.54) is 0 Å². The molecular weight excluding hydrogens is 290 g/mol. The Hall–Kier alpha value is -1.18. The minimum absolute atomic E-state index is 0.285. The maximum Gasteiger partial charge on any atom is 0.231 e. The van der Waals surface area contributed by atoms with Gasteiger partial charge in [0.25, 0.3) is 0 Å². The molecule has 3 heterocycles. The quantitative estimate of drug-likeness (QED) is 0.763. The summed E-state index contributed by atoms with van der Waals surface area (Å²) in [6, 6.07) is 0. The molecule has 2 saturated heterocycles. The van der Waals surface area contributed by atoms with Crippen LogP contribution in [0.5, 0.6) is 0 Å². The van der Waals surface area contributed by atoms with Crippen molar-refractivity contribution < 1.29 is 0 Å². The second kappa shape index (κ2) is 6.29. The fraction of sp³-hybridized carbons (Fsp3) is 0.769. The van der Waals surface area contributed by atoms with Gasteiger partial charge in [-0.1, -0.05) is 0 Å². The number of likely N-dealkylation sites (N-methyl/N-ethyl adjacent to an activating group) is 2. The number of hydrogen-bond donors (Lipinski definition) is 0. The fourth-order valence-electron chi connectivity index (χ4n) is 2.63. The van der Waals surface area contributed by atoms with Gasteiger partial charge in [0.1, 0.15) is 0 Å². The van der Waals surface area contributed by atoms with E-state index in [0.29, 0.717) is 11.9 Å². The number of aromatic nitrogens is 3. The van der Waals surface area contributed by atoms with Gasteiger partial charge in [-0.15, -0.1) is 0 Å². The minimum atomic E-state index is 0.285. The van der Waals surface area contributed by atoms with Gasteiger partial charge in [-0.25, -0.2) is 0 Å². The molecule has 0 amide bonds. The van der Waals surface area contributed by atoms with Crippen LogP contribution in [0.25, 0.3) is 0 Å². The Labute approximate surface area is 130 Å². The van der Waals surface area contributed by atoms with Gasteiger partial charge in [0.15, 0.2) is 0 Å². The highest BCUT2D eigenvalue weighted by atomic mass is 35.5. The molecule has 1 aromatic rings. The lowest BCUT2D eigenvalue weighted by molar-refractivity contribution is 0.308. The Balaban J connectivity index is 1.76. The van der Waals surface area contributed by atoms with Crippen molar-refractivity contribution in [1.82, 2.24) is 24.8 Å². The molecule has 2 fully saturated rings. The van der Waals surface area contributed by atoms with Crippen molar-refractivity contribution in [3.63, 3.8) is 0 Å². The van der Waals surface area contributed by atoms with Gasteiger partial charge >= 0.3 is 0 Å². The summed E-state index contributed by atoms with van der Waals surface area (Å²) in [5.41, 5.74) is 0. The average Bonchev–Trinajstić information content (AvgIpc) is 2.48. The van der Waals surface area contributed by atoms with E-state index in [9.17, 15) is 0 Å². The molecule has 1 aromatic heterocycles. The first-order valence-corrected chi connectivity index (χ1v) is 7.78. The first-order valence-electron chi connectivity index (χ1n) is 7.40. The summed E-state index contributed by atoms with van der Waals surface area (Å²) in [6.07, 6.45) is 0. The number of rotatable bonds is 2. The number of piperazine rings is 2. The van der Waals surface area contributed by atoms with Crippen molar-refractivity contribution in [3.05, 3.63) is 5.28 Å². The molecule has 0 spiro atoms. The molecule has 0 saturated carbocycles. The van der Waals surface area contributed by atoms with Crippen LogP contribution < -0.4 is 9.80 Å². The zero-order chi connectivity index (χ0) is 14.8. The molecule has 0 aliphatic carbocycles. The third kappa shape index (κ3) is 3.53. The van der Waals surface area contributed by atoms with E-state index in [2.05, 4.69) is 48.6 Å². The van der Waals surface area contributed by atoms with E-state index in [-0.39, 0.29) is 5.28 Å². The van der Waals surface area contributed by atoms with Crippen molar-refractivity contribution in [1.29, 1.82) is 0 Å². The van der Waals surface area contributed by atoms with Crippen LogP contribution in [-0.2, 0) is 0 Å². The maximum absolute atomic E-state index is 6.11. The summed E-state index contributed by atoms with van der Waals surface area (Å²) in [5.74, 6) is 1.41. The van der Waals surface area contributed by atoms with Gasteiger partial charge in [0.05, 0.1) is 0 Å². The zero-order valence-corrected chi connectivity index (χ0v) is 13.4. The molecule has 21 heavy (non-hydrogen) atoms. The summed E-state index contributed by atoms with van der Waals surface area (Å²) >= 11 is 6.11. The van der Waals surface area contributed by atoms with Crippen molar-refractivity contribution >= 4 is 23.5 Å². The third-order valence-corrected chi connectivity index (χ3v) is 4.33. The predicted octanol–water partition coefficient (Wildman–Crippen LogP) is 0.0286. The highest BCUT2D eigenvalue weighted by molar-refractivity contribution is 6.28. The van der Waals surface area contributed by atoms with E-state index in [1.807, 2.05) is 0 Å². The predicted molar refractivity (Wildman–Crippen MR) is 84.3 cm³/mol. The zero-order valence-electron chi connectivity index (χ0n) is 12.7. The molecule has 0 atom stereocenters. The topological polar surface area (TPSA) is 51.6 Å². The highest BCUT2D eigenvalue weighted by Crippen LogP contribution is 2.18. The van der Waals surface area contributed by atoms with E-state index in [4.69, 9.17) is 11.6 Å². The van der Waals surface area contributed by atoms with Crippen molar-refractivity contribution in [2.45, 2.75) is 0 Å². The van der Waals surface area contributed by atoms with Gasteiger partial charge in [-0.3, -0.25) is 0 Å². The average molecular weight is 312 g/mol. The van der Waals surface area contributed by atoms with Crippen LogP contribution in [0.1, 0.15) is 0 Å². The van der Waals surface area contributed by atoms with Gasteiger partial charge in [-0.05, 0) is 25.7 Å². The van der Waals surface area contributed by atoms with Crippen LogP contribution in [-0.4, -0.2) is 91.2 Å². The highest BCUT2D eigenvalue weighted by Gasteiger charge is 2.21. The summed E-state index contributed by atoms with van der Waals surface area (Å²) in [4.78, 5) is 22.2. The lowest BCUT2D eigenvalue weighted by atomic mass is 10.3. The molecule has 2 aliphatic rings. The standard InChI is InChI=1S/C13H22ClN7/c1-18-3-7-20(8-4-18)12-15-11(14)16-13(17-12)21-9-5-19(2)6-10-21/h3-10H2,1-2H3. The smallest absolute Gasteiger partial charge is 0.231 e. The molecule has 8 heteroatoms. The molecule has 0 radical (unpaired) electrons. The summed E-state index contributed by atoms with van der Waals surface area (Å²) in [5, 5.41) is 0.285. The van der Waals surface area contributed by atoms with Crippen molar-refractivity contribution in [2.75, 3.05) is 76.3 Å². The molecular formula is C13H22ClN7. The van der Waals surface area contributed by atoms with Crippen LogP contribution in [0, 0.1) is 0 Å². The second-order valence-electron chi connectivity index (χ2n) is 5.79. The Morgan fingerprint density at radius 2 is 1.05 bits per heavy atom. The second-order valence-corrected chi connectivity index (χ2v) is 6.12. The first kappa shape index (κ1) is 14.7. The van der Waals surface area contributed by atoms with Gasteiger partial charge in [0.2, 0.25) is 17.2 Å². The Morgan fingerprint density at radius 1 is 0.667 bits per heavy atom. The van der Waals surface area contributed by atoms with Crippen LogP contribution >= 0.6 is 11.6 Å². The van der Waals surface area contributed by atoms with Gasteiger partial charge in [0, 0.05) is 52.4 Å². The molecule has 0 aromatic carbocycles. The fourth-order valence-corrected chi connectivity index (χ4v) is 2.78. The summed E-state index contributed by atoms with van der Waals surface area (Å²) in [6.45, 7) is 7.80. The van der Waals surface area contributed by atoms with Crippen molar-refractivity contribution in [3.8, 4) is 0 Å². The maximum atomic E-state index is 6.11. The van der Waals surface area contributed by atoms with E-state index < -0.39 is 0 Å². The monoisotopic (exact) mass is 311 g/mol. The van der Waals surface area contributed by atoms with E-state index >= 15 is 0 Å². The Kier molecular flexibility index (Phi) is 4.42. The molecule has 0 bridgehead atoms. The van der Waals surface area contributed by atoms with Crippen LogP contribution in [0.15, 0.2) is 0 Å². The van der Waals surface area contributed by atoms with Crippen LogP contribution in [0.4, 0.5) is 11.9 Å². The molecule has 7 nitrogen and oxygen atoms in total. The number of halogens is 1. The first-order chi connectivity index (χ1) is 10.1. The molecule has 0 N–H and O–H groups in total. The number of nitrogens with zero attached hydrogens (tertiary/aromatic N) is 7. The molecule has 2 aliphatic heterocycles. The lowest BCUT2D eigenvalue weighted by Crippen LogP contribution is -2.46. The minimum Gasteiger partial charge on any atom is -0.338 e. The van der Waals surface area contributed by atoms with E-state index in [1.54, 1.807) is 0 Å². The Bertz CT molecular complexity index is 441. The number of hydrogen-bond acceptors (Lipinski definition) is 7. The van der Waals surface area contributed by atoms with Crippen LogP contribution in [0.2, 0.25) is 5.28 Å². The third-order valence-electron chi connectivity index (χ3n) is 4.16. The lowest BCUT2D eigenvalue weighted by Gasteiger charge is -2.34. The van der Waals surface area contributed by atoms with E-state index in [0.717, 1.165) is 52.4 Å².